The van der Waals surface area contributed by atoms with Gasteiger partial charge in [0.05, 0.1) is 5.54 Å². The number of benzene rings is 1. The lowest BCUT2D eigenvalue weighted by Crippen LogP contribution is -2.50. The van der Waals surface area contributed by atoms with Gasteiger partial charge in [0.1, 0.15) is 0 Å². The summed E-state index contributed by atoms with van der Waals surface area (Å²) in [6, 6.07) is 9.76. The van der Waals surface area contributed by atoms with E-state index in [4.69, 9.17) is 0 Å². The summed E-state index contributed by atoms with van der Waals surface area (Å²) in [4.78, 5) is 2.77. The molecule has 0 spiro atoms. The Labute approximate surface area is 120 Å². The molecule has 4 aliphatic rings. The second kappa shape index (κ2) is 3.66. The zero-order valence-corrected chi connectivity index (χ0v) is 11.6. The monoisotopic (exact) mass is 261 g/mol. The van der Waals surface area contributed by atoms with Crippen LogP contribution in [-0.4, -0.2) is 11.6 Å². The zero-order valence-electron chi connectivity index (χ0n) is 11.6. The summed E-state index contributed by atoms with van der Waals surface area (Å²) >= 11 is 0. The first-order valence-electron chi connectivity index (χ1n) is 7.79. The molecule has 0 radical (unpaired) electrons. The second-order valence-electron chi connectivity index (χ2n) is 6.64. The van der Waals surface area contributed by atoms with Gasteiger partial charge < -0.3 is 4.90 Å². The summed E-state index contributed by atoms with van der Waals surface area (Å²) in [5.74, 6) is 0.698. The van der Waals surface area contributed by atoms with E-state index >= 15 is 0 Å². The maximum absolute atomic E-state index is 2.77. The van der Waals surface area contributed by atoms with Gasteiger partial charge in [0.2, 0.25) is 0 Å². The molecule has 0 fully saturated rings. The maximum atomic E-state index is 2.77. The van der Waals surface area contributed by atoms with Crippen LogP contribution in [0.3, 0.4) is 0 Å². The Morgan fingerprint density at radius 1 is 1.10 bits per heavy atom. The van der Waals surface area contributed by atoms with Crippen molar-refractivity contribution in [2.45, 2.75) is 43.2 Å². The number of anilines is 1. The summed E-state index contributed by atoms with van der Waals surface area (Å²) in [6.45, 7) is 0. The summed E-state index contributed by atoms with van der Waals surface area (Å²) in [5, 5.41) is 0. The smallest absolute Gasteiger partial charge is 0.0666 e. The fraction of sp³-hybridized carbons (Fsp3) is 0.368. The molecule has 3 unspecified atom stereocenters. The third-order valence-electron chi connectivity index (χ3n) is 5.64. The van der Waals surface area contributed by atoms with Gasteiger partial charge in [-0.15, -0.1) is 0 Å². The third-order valence-corrected chi connectivity index (χ3v) is 5.64. The Bertz CT molecular complexity index is 666. The molecule has 0 saturated carbocycles. The number of allylic oxidation sites excluding steroid dienone is 2. The van der Waals surface area contributed by atoms with Gasteiger partial charge in [-0.05, 0) is 42.9 Å². The van der Waals surface area contributed by atoms with Crippen LogP contribution in [0.1, 0.15) is 37.2 Å². The van der Waals surface area contributed by atoms with Crippen molar-refractivity contribution >= 4 is 5.69 Å². The highest BCUT2D eigenvalue weighted by atomic mass is 15.3. The quantitative estimate of drug-likeness (QED) is 0.680. The molecule has 1 nitrogen and oxygen atoms in total. The molecule has 5 rings (SSSR count). The highest BCUT2D eigenvalue weighted by Crippen LogP contribution is 2.54. The van der Waals surface area contributed by atoms with E-state index in [1.165, 1.54) is 36.9 Å². The first-order valence-corrected chi connectivity index (χ1v) is 7.79. The van der Waals surface area contributed by atoms with E-state index in [0.717, 1.165) is 0 Å². The number of rotatable bonds is 1. The van der Waals surface area contributed by atoms with Crippen molar-refractivity contribution < 1.29 is 0 Å². The summed E-state index contributed by atoms with van der Waals surface area (Å²) < 4.78 is 0. The van der Waals surface area contributed by atoms with Gasteiger partial charge in [0.15, 0.2) is 0 Å². The van der Waals surface area contributed by atoms with Crippen molar-refractivity contribution in [2.24, 2.45) is 0 Å². The van der Waals surface area contributed by atoms with Crippen molar-refractivity contribution in [1.82, 2.24) is 0 Å². The first-order chi connectivity index (χ1) is 9.87. The molecule has 0 saturated heterocycles. The SMILES string of the molecule is C1=CCC2C(C1)c1ccccc1N2C12C=CC(=CC1)C2. The van der Waals surface area contributed by atoms with Crippen molar-refractivity contribution in [3.05, 3.63) is 65.8 Å². The molecule has 1 heterocycles. The molecule has 0 N–H and O–H groups in total. The largest absolute Gasteiger partial charge is 0.358 e. The molecule has 1 heteroatoms. The molecule has 0 aromatic heterocycles. The Morgan fingerprint density at radius 3 is 2.80 bits per heavy atom. The third kappa shape index (κ3) is 1.24. The maximum Gasteiger partial charge on any atom is 0.0666 e. The second-order valence-corrected chi connectivity index (χ2v) is 6.64. The van der Waals surface area contributed by atoms with Crippen molar-refractivity contribution in [3.63, 3.8) is 0 Å². The minimum absolute atomic E-state index is 0.246. The van der Waals surface area contributed by atoms with Crippen LogP contribution in [0.25, 0.3) is 0 Å². The Hall–Kier alpha value is -1.76. The summed E-state index contributed by atoms with van der Waals surface area (Å²) in [7, 11) is 0. The van der Waals surface area contributed by atoms with Gasteiger partial charge in [0, 0.05) is 17.6 Å². The molecule has 100 valence electrons. The van der Waals surface area contributed by atoms with Crippen molar-refractivity contribution in [1.29, 1.82) is 0 Å². The molecule has 1 aromatic carbocycles. The van der Waals surface area contributed by atoms with E-state index < -0.39 is 0 Å². The normalized spacial score (nSPS) is 36.2. The average Bonchev–Trinajstić information content (AvgIpc) is 3.18. The number of hydrogen-bond acceptors (Lipinski definition) is 1. The van der Waals surface area contributed by atoms with Gasteiger partial charge >= 0.3 is 0 Å². The van der Waals surface area contributed by atoms with Crippen LogP contribution >= 0.6 is 0 Å². The van der Waals surface area contributed by atoms with Gasteiger partial charge in [0.25, 0.3) is 0 Å². The van der Waals surface area contributed by atoms with Crippen LogP contribution < -0.4 is 4.90 Å². The van der Waals surface area contributed by atoms with E-state index in [1.54, 1.807) is 5.56 Å². The molecule has 1 aliphatic heterocycles. The molecular weight excluding hydrogens is 242 g/mol. The number of nitrogens with zero attached hydrogens (tertiary/aromatic N) is 1. The first kappa shape index (κ1) is 11.0. The van der Waals surface area contributed by atoms with Gasteiger partial charge in [-0.3, -0.25) is 0 Å². The van der Waals surface area contributed by atoms with Crippen LogP contribution in [0.15, 0.2) is 60.2 Å². The van der Waals surface area contributed by atoms with E-state index in [0.29, 0.717) is 12.0 Å². The van der Waals surface area contributed by atoms with Crippen LogP contribution in [0, 0.1) is 0 Å². The molecule has 1 aromatic rings. The lowest BCUT2D eigenvalue weighted by atomic mass is 9.85. The van der Waals surface area contributed by atoms with Crippen molar-refractivity contribution in [2.75, 3.05) is 4.90 Å². The molecule has 0 amide bonds. The number of fused-ring (bicyclic) bond motifs is 5. The van der Waals surface area contributed by atoms with E-state index in [9.17, 15) is 0 Å². The summed E-state index contributed by atoms with van der Waals surface area (Å²) in [5.41, 5.74) is 4.85. The zero-order chi connectivity index (χ0) is 13.2. The fourth-order valence-corrected chi connectivity index (χ4v) is 4.77. The predicted molar refractivity (Wildman–Crippen MR) is 83.0 cm³/mol. The summed E-state index contributed by atoms with van der Waals surface area (Å²) in [6.07, 6.45) is 16.8. The number of para-hydroxylation sites is 1. The molecule has 20 heavy (non-hydrogen) atoms. The van der Waals surface area contributed by atoms with Crippen LogP contribution in [0.2, 0.25) is 0 Å². The molecular formula is C19H19N. The average molecular weight is 261 g/mol. The highest BCUT2D eigenvalue weighted by Gasteiger charge is 2.50. The van der Waals surface area contributed by atoms with Crippen LogP contribution in [0.4, 0.5) is 5.69 Å². The fourth-order valence-electron chi connectivity index (χ4n) is 4.77. The molecule has 3 atom stereocenters. The molecule has 3 aliphatic carbocycles. The topological polar surface area (TPSA) is 3.24 Å². The number of hydrogen-bond donors (Lipinski definition) is 0. The van der Waals surface area contributed by atoms with Gasteiger partial charge in [-0.25, -0.2) is 0 Å². The van der Waals surface area contributed by atoms with E-state index in [2.05, 4.69) is 59.5 Å². The van der Waals surface area contributed by atoms with Crippen LogP contribution in [-0.2, 0) is 0 Å². The minimum Gasteiger partial charge on any atom is -0.358 e. The molecule has 2 bridgehead atoms. The minimum atomic E-state index is 0.246. The standard InChI is InChI=1S/C19H19N/c1-3-7-17-15(5-1)16-6-2-4-8-18(16)20(17)19-11-9-14(13-19)10-12-19/h1-5,7,9-11,16,18H,6,8,12-13H2. The van der Waals surface area contributed by atoms with Crippen molar-refractivity contribution in [3.8, 4) is 0 Å². The highest BCUT2D eigenvalue weighted by molar-refractivity contribution is 5.67. The Morgan fingerprint density at radius 2 is 2.00 bits per heavy atom. The lowest BCUT2D eigenvalue weighted by molar-refractivity contribution is 0.415. The van der Waals surface area contributed by atoms with Gasteiger partial charge in [-0.2, -0.15) is 0 Å². The Kier molecular flexibility index (Phi) is 2.01. The van der Waals surface area contributed by atoms with Gasteiger partial charge in [-0.1, -0.05) is 48.6 Å². The van der Waals surface area contributed by atoms with E-state index in [-0.39, 0.29) is 5.54 Å². The van der Waals surface area contributed by atoms with Crippen LogP contribution in [0.5, 0.6) is 0 Å². The van der Waals surface area contributed by atoms with E-state index in [1.807, 2.05) is 0 Å². The lowest BCUT2D eigenvalue weighted by Gasteiger charge is -2.43. The predicted octanol–water partition coefficient (Wildman–Crippen LogP) is 4.34. The Balaban J connectivity index is 1.68.